The van der Waals surface area contributed by atoms with E-state index in [-0.39, 0.29) is 16.1 Å². The van der Waals surface area contributed by atoms with Crippen LogP contribution in [0.25, 0.3) is 0 Å². The highest BCUT2D eigenvalue weighted by molar-refractivity contribution is 7.91. The van der Waals surface area contributed by atoms with E-state index in [4.69, 9.17) is 5.26 Å². The van der Waals surface area contributed by atoms with Crippen molar-refractivity contribution in [1.82, 2.24) is 0 Å². The molecule has 6 nitrogen and oxygen atoms in total. The van der Waals surface area contributed by atoms with Gasteiger partial charge in [0.1, 0.15) is 5.82 Å². The van der Waals surface area contributed by atoms with Crippen molar-refractivity contribution in [2.75, 3.05) is 11.1 Å². The molecule has 0 heterocycles. The Morgan fingerprint density at radius 1 is 1.17 bits per heavy atom. The summed E-state index contributed by atoms with van der Waals surface area (Å²) in [6.07, 6.45) is -5.29. The Hall–Kier alpha value is -2.97. The third kappa shape index (κ3) is 5.55. The van der Waals surface area contributed by atoms with E-state index in [0.717, 1.165) is 43.3 Å². The molecule has 0 aliphatic rings. The topological polar surface area (TPSA) is 107 Å². The summed E-state index contributed by atoms with van der Waals surface area (Å²) in [5, 5.41) is 21.0. The fourth-order valence-corrected chi connectivity index (χ4v) is 4.17. The molecule has 11 heteroatoms. The number of amides is 1. The predicted octanol–water partition coefficient (Wildman–Crippen LogP) is 3.07. The molecule has 2 rings (SSSR count). The highest BCUT2D eigenvalue weighted by atomic mass is 32.2. The maximum Gasteiger partial charge on any atom is 0.416 e. The summed E-state index contributed by atoms with van der Waals surface area (Å²) in [4.78, 5) is 12.0. The van der Waals surface area contributed by atoms with Crippen LogP contribution >= 0.6 is 0 Å². The number of anilines is 1. The highest BCUT2D eigenvalue weighted by Crippen LogP contribution is 2.34. The number of nitrogens with zero attached hydrogens (tertiary/aromatic N) is 1. The van der Waals surface area contributed by atoms with Gasteiger partial charge in [0.25, 0.3) is 5.91 Å². The summed E-state index contributed by atoms with van der Waals surface area (Å²) in [6.45, 7) is 0.887. The van der Waals surface area contributed by atoms with Crippen LogP contribution in [0.5, 0.6) is 0 Å². The predicted molar refractivity (Wildman–Crippen MR) is 98.5 cm³/mol. The fourth-order valence-electron chi connectivity index (χ4n) is 2.58. The van der Waals surface area contributed by atoms with E-state index >= 15 is 0 Å². The highest BCUT2D eigenvalue weighted by Gasteiger charge is 2.38. The molecule has 0 bridgehead atoms. The lowest BCUT2D eigenvalue weighted by molar-refractivity contribution is -0.138. The molecule has 0 aliphatic carbocycles. The quantitative estimate of drug-likeness (QED) is 0.526. The number of rotatable bonds is 6. The van der Waals surface area contributed by atoms with Crippen LogP contribution in [0.15, 0.2) is 47.4 Å². The summed E-state index contributed by atoms with van der Waals surface area (Å²) < 4.78 is 77.3. The molecule has 30 heavy (non-hydrogen) atoms. The van der Waals surface area contributed by atoms with Crippen LogP contribution < -0.4 is 5.32 Å². The summed E-state index contributed by atoms with van der Waals surface area (Å²) in [5.74, 6) is -3.02. The Morgan fingerprint density at radius 2 is 1.77 bits per heavy atom. The first kappa shape index (κ1) is 23.3. The van der Waals surface area contributed by atoms with Crippen LogP contribution in [-0.4, -0.2) is 30.8 Å². The standard InChI is InChI=1S/C19H16F4N2O4S/c1-18(27,11-30(28,29)15-6-3-13(20)4-7-15)17(26)25-14-5-2-12(8-9-24)16(10-14)19(21,22)23/h2-7,10,27H,8,11H2,1H3,(H,25,26). The molecule has 0 aromatic heterocycles. The third-order valence-corrected chi connectivity index (χ3v) is 6.01. The minimum atomic E-state index is -4.79. The van der Waals surface area contributed by atoms with Crippen LogP contribution in [0, 0.1) is 17.1 Å². The molecule has 1 amide bonds. The van der Waals surface area contributed by atoms with Crippen LogP contribution in [0.1, 0.15) is 18.1 Å². The van der Waals surface area contributed by atoms with Crippen LogP contribution in [0.4, 0.5) is 23.2 Å². The normalized spacial score (nSPS) is 13.9. The molecule has 1 atom stereocenters. The lowest BCUT2D eigenvalue weighted by Gasteiger charge is -2.23. The van der Waals surface area contributed by atoms with Crippen LogP contribution in [0.3, 0.4) is 0 Å². The van der Waals surface area contributed by atoms with Crippen molar-refractivity contribution >= 4 is 21.4 Å². The van der Waals surface area contributed by atoms with E-state index < -0.39 is 51.1 Å². The molecule has 0 radical (unpaired) electrons. The molecular weight excluding hydrogens is 428 g/mol. The molecule has 2 aromatic rings. The first-order valence-electron chi connectivity index (χ1n) is 8.35. The molecule has 0 fully saturated rings. The van der Waals surface area contributed by atoms with Gasteiger partial charge < -0.3 is 10.4 Å². The number of hydrogen-bond donors (Lipinski definition) is 2. The Balaban J connectivity index is 2.26. The fraction of sp³-hybridized carbons (Fsp3) is 0.263. The number of carbonyl (C=O) groups is 1. The molecule has 0 spiro atoms. The van der Waals surface area contributed by atoms with Gasteiger partial charge in [-0.3, -0.25) is 4.79 Å². The van der Waals surface area contributed by atoms with Crippen molar-refractivity contribution in [3.05, 3.63) is 59.4 Å². The van der Waals surface area contributed by atoms with Crippen molar-refractivity contribution in [2.24, 2.45) is 0 Å². The van der Waals surface area contributed by atoms with E-state index in [1.165, 1.54) is 0 Å². The van der Waals surface area contributed by atoms with Crippen molar-refractivity contribution in [1.29, 1.82) is 5.26 Å². The summed E-state index contributed by atoms with van der Waals surface area (Å²) in [5.41, 5.74) is -4.28. The zero-order valence-corrected chi connectivity index (χ0v) is 16.3. The maximum absolute atomic E-state index is 13.2. The Morgan fingerprint density at radius 3 is 2.30 bits per heavy atom. The minimum Gasteiger partial charge on any atom is -0.379 e. The zero-order chi connectivity index (χ0) is 22.7. The van der Waals surface area contributed by atoms with Crippen molar-refractivity contribution < 1.29 is 35.9 Å². The molecule has 0 saturated carbocycles. The number of halogens is 4. The minimum absolute atomic E-state index is 0.298. The smallest absolute Gasteiger partial charge is 0.379 e. The molecule has 0 aliphatic heterocycles. The largest absolute Gasteiger partial charge is 0.416 e. The number of aliphatic hydroxyl groups is 1. The van der Waals surface area contributed by atoms with E-state index in [1.807, 2.05) is 0 Å². The van der Waals surface area contributed by atoms with E-state index in [0.29, 0.717) is 6.07 Å². The zero-order valence-electron chi connectivity index (χ0n) is 15.5. The Kier molecular flexibility index (Phi) is 6.54. The van der Waals surface area contributed by atoms with E-state index in [9.17, 15) is 35.9 Å². The number of sulfone groups is 1. The van der Waals surface area contributed by atoms with Crippen LogP contribution in [0.2, 0.25) is 0 Å². The number of carbonyl (C=O) groups excluding carboxylic acids is 1. The first-order valence-corrected chi connectivity index (χ1v) is 10.0. The van der Waals surface area contributed by atoms with Gasteiger partial charge in [0.05, 0.1) is 28.7 Å². The second-order valence-corrected chi connectivity index (χ2v) is 8.64. The van der Waals surface area contributed by atoms with Gasteiger partial charge in [0, 0.05) is 5.69 Å². The summed E-state index contributed by atoms with van der Waals surface area (Å²) in [7, 11) is -4.21. The Labute approximate surface area is 169 Å². The van der Waals surface area contributed by atoms with Gasteiger partial charge in [0.15, 0.2) is 15.4 Å². The lowest BCUT2D eigenvalue weighted by atomic mass is 10.0. The van der Waals surface area contributed by atoms with Gasteiger partial charge in [-0.1, -0.05) is 6.07 Å². The number of benzene rings is 2. The van der Waals surface area contributed by atoms with Crippen molar-refractivity contribution in [2.45, 2.75) is 30.0 Å². The van der Waals surface area contributed by atoms with Gasteiger partial charge in [-0.15, -0.1) is 0 Å². The Bertz CT molecular complexity index is 1090. The van der Waals surface area contributed by atoms with Gasteiger partial charge in [-0.2, -0.15) is 18.4 Å². The van der Waals surface area contributed by atoms with Gasteiger partial charge >= 0.3 is 6.18 Å². The third-order valence-electron chi connectivity index (χ3n) is 4.08. The van der Waals surface area contributed by atoms with Crippen LogP contribution in [-0.2, 0) is 27.2 Å². The monoisotopic (exact) mass is 444 g/mol. The molecule has 2 N–H and O–H groups in total. The molecule has 0 saturated heterocycles. The molecule has 2 aromatic carbocycles. The number of hydrogen-bond acceptors (Lipinski definition) is 5. The molecular formula is C19H16F4N2O4S. The number of alkyl halides is 3. The number of nitriles is 1. The average Bonchev–Trinajstić information content (AvgIpc) is 2.61. The van der Waals surface area contributed by atoms with Crippen molar-refractivity contribution in [3.8, 4) is 6.07 Å². The average molecular weight is 444 g/mol. The second-order valence-electron chi connectivity index (χ2n) is 6.65. The van der Waals surface area contributed by atoms with Gasteiger partial charge in [-0.05, 0) is 48.9 Å². The number of nitrogens with one attached hydrogen (secondary N) is 1. The second kappa shape index (κ2) is 8.41. The SMILES string of the molecule is CC(O)(CS(=O)(=O)c1ccc(F)cc1)C(=O)Nc1ccc(CC#N)c(C(F)(F)F)c1. The van der Waals surface area contributed by atoms with Gasteiger partial charge in [0.2, 0.25) is 0 Å². The first-order chi connectivity index (χ1) is 13.8. The molecule has 1 unspecified atom stereocenters. The van der Waals surface area contributed by atoms with Crippen molar-refractivity contribution in [3.63, 3.8) is 0 Å². The maximum atomic E-state index is 13.2. The summed E-state index contributed by atoms with van der Waals surface area (Å²) in [6, 6.07) is 8.01. The summed E-state index contributed by atoms with van der Waals surface area (Å²) >= 11 is 0. The lowest BCUT2D eigenvalue weighted by Crippen LogP contribution is -2.45. The van der Waals surface area contributed by atoms with E-state index in [2.05, 4.69) is 5.32 Å². The van der Waals surface area contributed by atoms with Gasteiger partial charge in [-0.25, -0.2) is 12.8 Å². The molecule has 160 valence electrons. The van der Waals surface area contributed by atoms with E-state index in [1.54, 1.807) is 6.07 Å².